The van der Waals surface area contributed by atoms with E-state index in [9.17, 15) is 4.79 Å². The Morgan fingerprint density at radius 2 is 2.29 bits per heavy atom. The second kappa shape index (κ2) is 6.96. The SMILES string of the molecule is C=CCN1C(=O)/C(=C\c2cc(Cl)cc(Br)c2OC)SC1=S. The molecular weight excluding hydrogens is 394 g/mol. The van der Waals surface area contributed by atoms with Gasteiger partial charge in [-0.1, -0.05) is 41.7 Å². The molecular formula is C14H11BrClNO2S2. The summed E-state index contributed by atoms with van der Waals surface area (Å²) in [6.45, 7) is 4.03. The van der Waals surface area contributed by atoms with Gasteiger partial charge in [0.05, 0.1) is 16.5 Å². The number of halogens is 2. The van der Waals surface area contributed by atoms with Crippen LogP contribution in [0.25, 0.3) is 6.08 Å². The van der Waals surface area contributed by atoms with Crippen molar-refractivity contribution in [1.82, 2.24) is 4.90 Å². The zero-order valence-corrected chi connectivity index (χ0v) is 15.0. The fourth-order valence-corrected chi connectivity index (χ4v) is 4.09. The first-order valence-electron chi connectivity index (χ1n) is 5.87. The summed E-state index contributed by atoms with van der Waals surface area (Å²) in [5, 5.41) is 0.551. The molecule has 0 radical (unpaired) electrons. The zero-order chi connectivity index (χ0) is 15.6. The topological polar surface area (TPSA) is 29.5 Å². The summed E-state index contributed by atoms with van der Waals surface area (Å²) in [5.74, 6) is 0.483. The number of nitrogens with zero attached hydrogens (tertiary/aromatic N) is 1. The van der Waals surface area contributed by atoms with Crippen LogP contribution in [0.4, 0.5) is 0 Å². The fourth-order valence-electron chi connectivity index (χ4n) is 1.83. The van der Waals surface area contributed by atoms with Crippen LogP contribution in [-0.4, -0.2) is 28.8 Å². The highest BCUT2D eigenvalue weighted by atomic mass is 79.9. The molecule has 0 spiro atoms. The van der Waals surface area contributed by atoms with Crippen LogP contribution in [0.3, 0.4) is 0 Å². The smallest absolute Gasteiger partial charge is 0.266 e. The van der Waals surface area contributed by atoms with Gasteiger partial charge in [0, 0.05) is 17.1 Å². The van der Waals surface area contributed by atoms with E-state index in [2.05, 4.69) is 22.5 Å². The number of thioether (sulfide) groups is 1. The fraction of sp³-hybridized carbons (Fsp3) is 0.143. The van der Waals surface area contributed by atoms with E-state index in [1.807, 2.05) is 0 Å². The van der Waals surface area contributed by atoms with E-state index in [-0.39, 0.29) is 5.91 Å². The maximum Gasteiger partial charge on any atom is 0.266 e. The lowest BCUT2D eigenvalue weighted by molar-refractivity contribution is -0.121. The molecule has 0 saturated carbocycles. The number of hydrogen-bond acceptors (Lipinski definition) is 4. The average Bonchev–Trinajstić information content (AvgIpc) is 2.66. The van der Waals surface area contributed by atoms with Crippen molar-refractivity contribution in [3.63, 3.8) is 0 Å². The summed E-state index contributed by atoms with van der Waals surface area (Å²) >= 11 is 15.9. The van der Waals surface area contributed by atoms with Gasteiger partial charge in [0.25, 0.3) is 5.91 Å². The van der Waals surface area contributed by atoms with E-state index in [4.69, 9.17) is 28.6 Å². The summed E-state index contributed by atoms with van der Waals surface area (Å²) in [6, 6.07) is 3.48. The van der Waals surface area contributed by atoms with Crippen LogP contribution in [0.15, 0.2) is 34.2 Å². The number of methoxy groups -OCH3 is 1. The quantitative estimate of drug-likeness (QED) is 0.420. The van der Waals surface area contributed by atoms with Crippen LogP contribution < -0.4 is 4.74 Å². The minimum atomic E-state index is -0.136. The minimum absolute atomic E-state index is 0.136. The molecule has 0 N–H and O–H groups in total. The van der Waals surface area contributed by atoms with Crippen LogP contribution >= 0.6 is 51.5 Å². The first-order valence-corrected chi connectivity index (χ1v) is 8.26. The van der Waals surface area contributed by atoms with Gasteiger partial charge in [0.1, 0.15) is 10.1 Å². The second-order valence-corrected chi connectivity index (χ2v) is 7.06. The van der Waals surface area contributed by atoms with Gasteiger partial charge < -0.3 is 4.74 Å². The number of carbonyl (C=O) groups is 1. The highest BCUT2D eigenvalue weighted by Gasteiger charge is 2.31. The lowest BCUT2D eigenvalue weighted by Gasteiger charge is -2.10. The highest BCUT2D eigenvalue weighted by Crippen LogP contribution is 2.38. The molecule has 1 aromatic rings. The molecule has 1 heterocycles. The van der Waals surface area contributed by atoms with Crippen LogP contribution in [0.5, 0.6) is 5.75 Å². The highest BCUT2D eigenvalue weighted by molar-refractivity contribution is 9.10. The minimum Gasteiger partial charge on any atom is -0.495 e. The van der Waals surface area contributed by atoms with Crippen molar-refractivity contribution < 1.29 is 9.53 Å². The molecule has 0 aromatic heterocycles. The van der Waals surface area contributed by atoms with Crippen molar-refractivity contribution in [3.8, 4) is 5.75 Å². The summed E-state index contributed by atoms with van der Waals surface area (Å²) in [4.78, 5) is 14.3. The Morgan fingerprint density at radius 1 is 1.57 bits per heavy atom. The number of carbonyl (C=O) groups excluding carboxylic acids is 1. The predicted octanol–water partition coefficient (Wildman–Crippen LogP) is 4.50. The molecule has 1 aromatic carbocycles. The van der Waals surface area contributed by atoms with E-state index >= 15 is 0 Å². The van der Waals surface area contributed by atoms with Crippen LogP contribution in [-0.2, 0) is 4.79 Å². The normalized spacial score (nSPS) is 16.7. The summed E-state index contributed by atoms with van der Waals surface area (Å²) < 4.78 is 6.59. The lowest BCUT2D eigenvalue weighted by atomic mass is 10.2. The molecule has 1 aliphatic heterocycles. The molecule has 0 atom stereocenters. The Bertz CT molecular complexity index is 661. The van der Waals surface area contributed by atoms with Crippen LogP contribution in [0.1, 0.15) is 5.56 Å². The predicted molar refractivity (Wildman–Crippen MR) is 95.8 cm³/mol. The zero-order valence-electron chi connectivity index (χ0n) is 11.1. The second-order valence-electron chi connectivity index (χ2n) is 4.09. The number of ether oxygens (including phenoxy) is 1. The molecule has 1 amide bonds. The van der Waals surface area contributed by atoms with Gasteiger partial charge in [-0.2, -0.15) is 0 Å². The van der Waals surface area contributed by atoms with Crippen molar-refractivity contribution in [1.29, 1.82) is 0 Å². The molecule has 0 unspecified atom stereocenters. The maximum atomic E-state index is 12.3. The molecule has 1 saturated heterocycles. The first kappa shape index (κ1) is 16.5. The Morgan fingerprint density at radius 3 is 2.90 bits per heavy atom. The molecule has 21 heavy (non-hydrogen) atoms. The van der Waals surface area contributed by atoms with E-state index in [0.29, 0.717) is 26.5 Å². The van der Waals surface area contributed by atoms with E-state index in [0.717, 1.165) is 10.0 Å². The first-order chi connectivity index (χ1) is 9.97. The van der Waals surface area contributed by atoms with Crippen molar-refractivity contribution >= 4 is 67.8 Å². The average molecular weight is 405 g/mol. The van der Waals surface area contributed by atoms with Gasteiger partial charge >= 0.3 is 0 Å². The molecule has 0 aliphatic carbocycles. The number of amides is 1. The Kier molecular flexibility index (Phi) is 5.48. The molecule has 1 aliphatic rings. The van der Waals surface area contributed by atoms with Gasteiger partial charge in [-0.05, 0) is 34.1 Å². The molecule has 2 rings (SSSR count). The van der Waals surface area contributed by atoms with E-state index < -0.39 is 0 Å². The third kappa shape index (κ3) is 3.51. The summed E-state index contributed by atoms with van der Waals surface area (Å²) in [5.41, 5.74) is 0.718. The van der Waals surface area contributed by atoms with Gasteiger partial charge in [0.15, 0.2) is 0 Å². The number of hydrogen-bond donors (Lipinski definition) is 0. The Labute approximate surface area is 146 Å². The van der Waals surface area contributed by atoms with Crippen molar-refractivity contribution in [3.05, 3.63) is 44.8 Å². The van der Waals surface area contributed by atoms with E-state index in [1.54, 1.807) is 31.4 Å². The lowest BCUT2D eigenvalue weighted by Crippen LogP contribution is -2.27. The number of benzene rings is 1. The third-order valence-corrected chi connectivity index (χ3v) is 4.90. The maximum absolute atomic E-state index is 12.3. The van der Waals surface area contributed by atoms with E-state index in [1.165, 1.54) is 16.7 Å². The molecule has 110 valence electrons. The third-order valence-electron chi connectivity index (χ3n) is 2.71. The van der Waals surface area contributed by atoms with Gasteiger partial charge in [-0.15, -0.1) is 6.58 Å². The Balaban J connectivity index is 2.43. The van der Waals surface area contributed by atoms with Crippen molar-refractivity contribution in [2.45, 2.75) is 0 Å². The van der Waals surface area contributed by atoms with Crippen LogP contribution in [0.2, 0.25) is 5.02 Å². The molecule has 1 fully saturated rings. The summed E-state index contributed by atoms with van der Waals surface area (Å²) in [7, 11) is 1.56. The number of rotatable bonds is 4. The molecule has 0 bridgehead atoms. The number of thiocarbonyl (C=S) groups is 1. The monoisotopic (exact) mass is 403 g/mol. The van der Waals surface area contributed by atoms with Gasteiger partial charge in [0.2, 0.25) is 0 Å². The van der Waals surface area contributed by atoms with Crippen molar-refractivity contribution in [2.75, 3.05) is 13.7 Å². The molecule has 7 heteroatoms. The summed E-state index contributed by atoms with van der Waals surface area (Å²) in [6.07, 6.45) is 3.38. The molecule has 3 nitrogen and oxygen atoms in total. The standard InChI is InChI=1S/C14H11BrClNO2S2/c1-3-4-17-13(18)11(21-14(17)20)6-8-5-9(16)7-10(15)12(8)19-2/h3,5-7H,1,4H2,2H3/b11-6+. The van der Waals surface area contributed by atoms with Gasteiger partial charge in [-0.3, -0.25) is 9.69 Å². The Hall–Kier alpha value is -0.820. The van der Waals surface area contributed by atoms with Gasteiger partial charge in [-0.25, -0.2) is 0 Å². The van der Waals surface area contributed by atoms with Crippen LogP contribution in [0, 0.1) is 0 Å². The van der Waals surface area contributed by atoms with Crippen molar-refractivity contribution in [2.24, 2.45) is 0 Å². The largest absolute Gasteiger partial charge is 0.495 e.